The highest BCUT2D eigenvalue weighted by Crippen LogP contribution is 2.43. The highest BCUT2D eigenvalue weighted by molar-refractivity contribution is 5.73. The van der Waals surface area contributed by atoms with Crippen molar-refractivity contribution in [2.45, 2.75) is 84.0 Å². The maximum Gasteiger partial charge on any atom is 0.309 e. The van der Waals surface area contributed by atoms with E-state index in [0.29, 0.717) is 18.4 Å². The van der Waals surface area contributed by atoms with E-state index in [0.717, 1.165) is 19.3 Å². The van der Waals surface area contributed by atoms with Crippen molar-refractivity contribution in [2.75, 3.05) is 6.61 Å². The molecule has 0 heterocycles. The van der Waals surface area contributed by atoms with Gasteiger partial charge in [-0.1, -0.05) is 70.8 Å². The molecule has 0 aliphatic heterocycles. The Kier molecular flexibility index (Phi) is 8.04. The molecule has 0 saturated heterocycles. The van der Waals surface area contributed by atoms with Crippen LogP contribution in [0.1, 0.15) is 84.0 Å². The van der Waals surface area contributed by atoms with Crippen LogP contribution in [0.5, 0.6) is 0 Å². The second-order valence-corrected chi connectivity index (χ2v) is 7.12. The lowest BCUT2D eigenvalue weighted by Crippen LogP contribution is -2.22. The summed E-state index contributed by atoms with van der Waals surface area (Å²) in [6.07, 6.45) is 20.7. The lowest BCUT2D eigenvalue weighted by Gasteiger charge is -2.16. The molecule has 2 rings (SSSR count). The first-order chi connectivity index (χ1) is 10.8. The van der Waals surface area contributed by atoms with Gasteiger partial charge in [-0.3, -0.25) is 4.79 Å². The normalized spacial score (nSPS) is 25.8. The summed E-state index contributed by atoms with van der Waals surface area (Å²) >= 11 is 0. The average molecular weight is 305 g/mol. The van der Waals surface area contributed by atoms with Crippen LogP contribution >= 0.6 is 0 Å². The van der Waals surface area contributed by atoms with E-state index in [1.165, 1.54) is 57.8 Å². The molecule has 2 bridgehead atoms. The second-order valence-electron chi connectivity index (χ2n) is 7.12. The first-order valence-electron chi connectivity index (χ1n) is 9.57. The van der Waals surface area contributed by atoms with Gasteiger partial charge in [0.15, 0.2) is 0 Å². The summed E-state index contributed by atoms with van der Waals surface area (Å²) in [7, 11) is 0. The van der Waals surface area contributed by atoms with Gasteiger partial charge in [0, 0.05) is 0 Å². The van der Waals surface area contributed by atoms with Crippen LogP contribution < -0.4 is 0 Å². The molecular formula is C20H33O2. The van der Waals surface area contributed by atoms with E-state index in [-0.39, 0.29) is 11.9 Å². The van der Waals surface area contributed by atoms with Gasteiger partial charge in [0.1, 0.15) is 0 Å². The predicted octanol–water partition coefficient (Wildman–Crippen LogP) is 5.47. The summed E-state index contributed by atoms with van der Waals surface area (Å²) in [5.41, 5.74) is 0. The fourth-order valence-electron chi connectivity index (χ4n) is 3.79. The number of unbranched alkanes of at least 4 members (excludes halogenated alkanes) is 9. The molecule has 1 radical (unpaired) electrons. The van der Waals surface area contributed by atoms with Crippen LogP contribution in [-0.4, -0.2) is 12.6 Å². The molecule has 2 nitrogen and oxygen atoms in total. The van der Waals surface area contributed by atoms with Crippen molar-refractivity contribution in [3.8, 4) is 0 Å². The van der Waals surface area contributed by atoms with Crippen molar-refractivity contribution in [3.63, 3.8) is 0 Å². The van der Waals surface area contributed by atoms with E-state index in [2.05, 4.69) is 19.1 Å². The highest BCUT2D eigenvalue weighted by atomic mass is 16.5. The Morgan fingerprint density at radius 1 is 1.00 bits per heavy atom. The van der Waals surface area contributed by atoms with Gasteiger partial charge in [-0.2, -0.15) is 0 Å². The maximum atomic E-state index is 12.0. The number of ether oxygens (including phenoxy) is 1. The van der Waals surface area contributed by atoms with E-state index in [4.69, 9.17) is 4.74 Å². The SMILES string of the molecule is CCCCCCCCCCCCOC(=O)C1CC2[C]=CC1C2. The second kappa shape index (κ2) is 10.1. The van der Waals surface area contributed by atoms with Gasteiger partial charge in [0.25, 0.3) is 0 Å². The van der Waals surface area contributed by atoms with E-state index in [1.54, 1.807) is 0 Å². The van der Waals surface area contributed by atoms with Gasteiger partial charge >= 0.3 is 5.97 Å². The van der Waals surface area contributed by atoms with Crippen molar-refractivity contribution in [2.24, 2.45) is 17.8 Å². The lowest BCUT2D eigenvalue weighted by atomic mass is 9.94. The van der Waals surface area contributed by atoms with Crippen LogP contribution in [0, 0.1) is 23.8 Å². The van der Waals surface area contributed by atoms with Crippen LogP contribution in [0.3, 0.4) is 0 Å². The van der Waals surface area contributed by atoms with Gasteiger partial charge in [0.2, 0.25) is 0 Å². The summed E-state index contributed by atoms with van der Waals surface area (Å²) in [4.78, 5) is 12.0. The molecule has 1 saturated carbocycles. The largest absolute Gasteiger partial charge is 0.465 e. The van der Waals surface area contributed by atoms with Crippen LogP contribution in [0.4, 0.5) is 0 Å². The van der Waals surface area contributed by atoms with Crippen molar-refractivity contribution in [1.82, 2.24) is 0 Å². The minimum absolute atomic E-state index is 0.0428. The molecule has 0 aromatic carbocycles. The molecule has 1 fully saturated rings. The minimum atomic E-state index is 0.0428. The first-order valence-corrected chi connectivity index (χ1v) is 9.57. The number of fused-ring (bicyclic) bond motifs is 2. The van der Waals surface area contributed by atoms with Gasteiger partial charge in [-0.15, -0.1) is 0 Å². The molecule has 2 aliphatic carbocycles. The van der Waals surface area contributed by atoms with E-state index < -0.39 is 0 Å². The zero-order valence-electron chi connectivity index (χ0n) is 14.3. The molecule has 0 aromatic heterocycles. The number of allylic oxidation sites excluding steroid dienone is 2. The summed E-state index contributed by atoms with van der Waals surface area (Å²) < 4.78 is 5.46. The first kappa shape index (κ1) is 17.6. The van der Waals surface area contributed by atoms with E-state index in [1.807, 2.05) is 0 Å². The third kappa shape index (κ3) is 5.78. The van der Waals surface area contributed by atoms with Crippen LogP contribution in [-0.2, 0) is 9.53 Å². The Hall–Kier alpha value is -0.790. The molecular weight excluding hydrogens is 272 g/mol. The number of hydrogen-bond donors (Lipinski definition) is 0. The average Bonchev–Trinajstić information content (AvgIpc) is 3.15. The minimum Gasteiger partial charge on any atom is -0.465 e. The quantitative estimate of drug-likeness (QED) is 0.353. The predicted molar refractivity (Wildman–Crippen MR) is 90.3 cm³/mol. The molecule has 0 spiro atoms. The Balaban J connectivity index is 1.37. The monoisotopic (exact) mass is 305 g/mol. The third-order valence-electron chi connectivity index (χ3n) is 5.20. The molecule has 2 heteroatoms. The molecule has 0 aromatic rings. The van der Waals surface area contributed by atoms with E-state index >= 15 is 0 Å². The van der Waals surface area contributed by atoms with Crippen LogP contribution in [0.2, 0.25) is 0 Å². The summed E-state index contributed by atoms with van der Waals surface area (Å²) in [5.74, 6) is 1.13. The fraction of sp³-hybridized carbons (Fsp3) is 0.850. The van der Waals surface area contributed by atoms with Crippen molar-refractivity contribution < 1.29 is 9.53 Å². The molecule has 2 aliphatic rings. The number of carbonyl (C=O) groups is 1. The Labute approximate surface area is 136 Å². The topological polar surface area (TPSA) is 26.3 Å². The number of rotatable bonds is 12. The molecule has 22 heavy (non-hydrogen) atoms. The van der Waals surface area contributed by atoms with E-state index in [9.17, 15) is 4.79 Å². The Morgan fingerprint density at radius 3 is 2.18 bits per heavy atom. The van der Waals surface area contributed by atoms with Crippen molar-refractivity contribution in [3.05, 3.63) is 12.2 Å². The highest BCUT2D eigenvalue weighted by Gasteiger charge is 2.40. The van der Waals surface area contributed by atoms with Crippen LogP contribution in [0.15, 0.2) is 6.08 Å². The van der Waals surface area contributed by atoms with Gasteiger partial charge in [-0.05, 0) is 37.2 Å². The maximum absolute atomic E-state index is 12.0. The molecule has 3 atom stereocenters. The summed E-state index contributed by atoms with van der Waals surface area (Å²) in [6.45, 7) is 2.88. The van der Waals surface area contributed by atoms with Gasteiger partial charge < -0.3 is 4.74 Å². The smallest absolute Gasteiger partial charge is 0.309 e. The Bertz CT molecular complexity index is 348. The zero-order valence-corrected chi connectivity index (χ0v) is 14.3. The standard InChI is InChI=1S/C20H33O2/c1-2-3-4-5-6-7-8-9-10-11-14-22-20(21)19-16-17-12-13-18(19)15-17/h13,17-19H,2-11,14-16H2,1H3. The fourth-order valence-corrected chi connectivity index (χ4v) is 3.79. The van der Waals surface area contributed by atoms with Crippen LogP contribution in [0.25, 0.3) is 0 Å². The summed E-state index contributed by atoms with van der Waals surface area (Å²) in [5, 5.41) is 0. The Morgan fingerprint density at radius 2 is 1.64 bits per heavy atom. The molecule has 125 valence electrons. The molecule has 0 amide bonds. The molecule has 3 unspecified atom stereocenters. The third-order valence-corrected chi connectivity index (χ3v) is 5.20. The van der Waals surface area contributed by atoms with Crippen molar-refractivity contribution >= 4 is 5.97 Å². The van der Waals surface area contributed by atoms with Gasteiger partial charge in [-0.25, -0.2) is 0 Å². The lowest BCUT2D eigenvalue weighted by molar-refractivity contribution is -0.149. The number of carbonyl (C=O) groups excluding carboxylic acids is 1. The molecule has 0 N–H and O–H groups in total. The van der Waals surface area contributed by atoms with Crippen molar-refractivity contribution in [1.29, 1.82) is 0 Å². The number of esters is 1. The summed E-state index contributed by atoms with van der Waals surface area (Å²) in [6, 6.07) is 0. The number of hydrogen-bond acceptors (Lipinski definition) is 2. The van der Waals surface area contributed by atoms with Gasteiger partial charge in [0.05, 0.1) is 12.5 Å². The zero-order chi connectivity index (χ0) is 15.6.